The fourth-order valence-electron chi connectivity index (χ4n) is 2.48. The third-order valence-corrected chi connectivity index (χ3v) is 4.03. The lowest BCUT2D eigenvalue weighted by Crippen LogP contribution is -2.45. The Bertz CT molecular complexity index is 280. The monoisotopic (exact) mass is 284 g/mol. The van der Waals surface area contributed by atoms with E-state index in [0.717, 1.165) is 25.9 Å². The van der Waals surface area contributed by atoms with Crippen LogP contribution in [0.5, 0.6) is 0 Å². The van der Waals surface area contributed by atoms with Crippen LogP contribution in [0.15, 0.2) is 0 Å². The minimum absolute atomic E-state index is 0.0145. The number of nitrogens with zero attached hydrogens (tertiary/aromatic N) is 1. The molecule has 0 aromatic rings. The summed E-state index contributed by atoms with van der Waals surface area (Å²) in [5.74, 6) is 1.51. The van der Waals surface area contributed by atoms with E-state index >= 15 is 0 Å². The first-order chi connectivity index (χ1) is 9.45. The molecule has 0 spiro atoms. The quantitative estimate of drug-likeness (QED) is 0.742. The maximum atomic E-state index is 12.7. The van der Waals surface area contributed by atoms with Crippen molar-refractivity contribution in [2.24, 2.45) is 17.8 Å². The highest BCUT2D eigenvalue weighted by Gasteiger charge is 2.35. The maximum Gasteiger partial charge on any atom is 0.229 e. The van der Waals surface area contributed by atoms with E-state index < -0.39 is 0 Å². The number of amides is 1. The second kappa shape index (κ2) is 8.63. The number of hydrogen-bond donors (Lipinski definition) is 1. The number of ether oxygens (including phenoxy) is 1. The number of likely N-dealkylation sites (N-methyl/N-ethyl adjacent to an activating group) is 1. The summed E-state index contributed by atoms with van der Waals surface area (Å²) >= 11 is 0. The van der Waals surface area contributed by atoms with Gasteiger partial charge in [-0.15, -0.1) is 0 Å². The Morgan fingerprint density at radius 3 is 2.15 bits per heavy atom. The Balaban J connectivity index is 2.61. The van der Waals surface area contributed by atoms with Gasteiger partial charge in [0, 0.05) is 19.1 Å². The molecule has 0 saturated carbocycles. The van der Waals surface area contributed by atoms with E-state index in [4.69, 9.17) is 4.74 Å². The van der Waals surface area contributed by atoms with Gasteiger partial charge in [0.1, 0.15) is 0 Å². The van der Waals surface area contributed by atoms with E-state index in [0.29, 0.717) is 25.0 Å². The standard InChI is InChI=1S/C16H32N2O2/c1-12(2)6-8-18(9-7-13(3)4)16(19)14-10-20-11-15(14)17-5/h12-15,17H,6-11H2,1-5H3. The van der Waals surface area contributed by atoms with Gasteiger partial charge in [0.15, 0.2) is 0 Å². The van der Waals surface area contributed by atoms with Crippen molar-refractivity contribution in [2.45, 2.75) is 46.6 Å². The zero-order chi connectivity index (χ0) is 15.1. The van der Waals surface area contributed by atoms with E-state index in [9.17, 15) is 4.79 Å². The van der Waals surface area contributed by atoms with Gasteiger partial charge >= 0.3 is 0 Å². The Morgan fingerprint density at radius 2 is 1.70 bits per heavy atom. The Kier molecular flexibility index (Phi) is 7.52. The molecule has 2 atom stereocenters. The van der Waals surface area contributed by atoms with Gasteiger partial charge in [-0.1, -0.05) is 27.7 Å². The smallest absolute Gasteiger partial charge is 0.229 e. The predicted molar refractivity (Wildman–Crippen MR) is 82.6 cm³/mol. The molecule has 0 bridgehead atoms. The molecule has 1 rings (SSSR count). The second-order valence-corrected chi connectivity index (χ2v) is 6.73. The highest BCUT2D eigenvalue weighted by Crippen LogP contribution is 2.18. The Morgan fingerprint density at radius 1 is 1.15 bits per heavy atom. The Hall–Kier alpha value is -0.610. The van der Waals surface area contributed by atoms with Crippen molar-refractivity contribution in [3.63, 3.8) is 0 Å². The van der Waals surface area contributed by atoms with Crippen molar-refractivity contribution in [1.29, 1.82) is 0 Å². The van der Waals surface area contributed by atoms with Gasteiger partial charge in [0.2, 0.25) is 5.91 Å². The predicted octanol–water partition coefficient (Wildman–Crippen LogP) is 2.14. The van der Waals surface area contributed by atoms with Gasteiger partial charge in [0.25, 0.3) is 0 Å². The highest BCUT2D eigenvalue weighted by atomic mass is 16.5. The molecule has 1 fully saturated rings. The topological polar surface area (TPSA) is 41.6 Å². The SMILES string of the molecule is CNC1COCC1C(=O)N(CCC(C)C)CCC(C)C. The van der Waals surface area contributed by atoms with Crippen molar-refractivity contribution in [2.75, 3.05) is 33.4 Å². The van der Waals surface area contributed by atoms with Crippen molar-refractivity contribution in [1.82, 2.24) is 10.2 Å². The summed E-state index contributed by atoms with van der Waals surface area (Å²) in [4.78, 5) is 14.8. The van der Waals surface area contributed by atoms with Gasteiger partial charge in [-0.2, -0.15) is 0 Å². The van der Waals surface area contributed by atoms with Gasteiger partial charge < -0.3 is 15.0 Å². The van der Waals surface area contributed by atoms with Gasteiger partial charge in [-0.3, -0.25) is 4.79 Å². The molecule has 20 heavy (non-hydrogen) atoms. The second-order valence-electron chi connectivity index (χ2n) is 6.73. The zero-order valence-corrected chi connectivity index (χ0v) is 13.8. The average molecular weight is 284 g/mol. The average Bonchev–Trinajstić information content (AvgIpc) is 2.85. The molecule has 2 unspecified atom stereocenters. The summed E-state index contributed by atoms with van der Waals surface area (Å²) in [6, 6.07) is 0.170. The molecule has 1 heterocycles. The third kappa shape index (κ3) is 5.41. The van der Waals surface area contributed by atoms with Crippen molar-refractivity contribution in [3.8, 4) is 0 Å². The van der Waals surface area contributed by atoms with Gasteiger partial charge in [0.05, 0.1) is 19.1 Å². The first-order valence-electron chi connectivity index (χ1n) is 7.99. The lowest BCUT2D eigenvalue weighted by atomic mass is 10.0. The fourth-order valence-corrected chi connectivity index (χ4v) is 2.48. The molecule has 1 amide bonds. The van der Waals surface area contributed by atoms with Gasteiger partial charge in [-0.05, 0) is 31.7 Å². The lowest BCUT2D eigenvalue weighted by Gasteiger charge is -2.28. The van der Waals surface area contributed by atoms with Crippen molar-refractivity contribution >= 4 is 5.91 Å². The van der Waals surface area contributed by atoms with Crippen molar-refractivity contribution in [3.05, 3.63) is 0 Å². The van der Waals surface area contributed by atoms with Crippen LogP contribution in [0.25, 0.3) is 0 Å². The minimum atomic E-state index is -0.0145. The molecule has 4 heteroatoms. The molecule has 4 nitrogen and oxygen atoms in total. The first kappa shape index (κ1) is 17.4. The number of rotatable bonds is 8. The zero-order valence-electron chi connectivity index (χ0n) is 13.8. The lowest BCUT2D eigenvalue weighted by molar-refractivity contribution is -0.136. The summed E-state index contributed by atoms with van der Waals surface area (Å²) in [7, 11) is 1.91. The van der Waals surface area contributed by atoms with Crippen LogP contribution < -0.4 is 5.32 Å². The third-order valence-electron chi connectivity index (χ3n) is 4.03. The molecule has 118 valence electrons. The van der Waals surface area contributed by atoms with Crippen molar-refractivity contribution < 1.29 is 9.53 Å². The highest BCUT2D eigenvalue weighted by molar-refractivity contribution is 5.80. The van der Waals surface area contributed by atoms with E-state index in [1.165, 1.54) is 0 Å². The van der Waals surface area contributed by atoms with Crippen LogP contribution in [-0.4, -0.2) is 50.2 Å². The summed E-state index contributed by atoms with van der Waals surface area (Å²) in [5.41, 5.74) is 0. The van der Waals surface area contributed by atoms with Crippen LogP contribution in [-0.2, 0) is 9.53 Å². The molecular formula is C16H32N2O2. The minimum Gasteiger partial charge on any atom is -0.379 e. The van der Waals surface area contributed by atoms with E-state index in [1.807, 2.05) is 7.05 Å². The molecule has 1 N–H and O–H groups in total. The molecule has 0 aromatic heterocycles. The van der Waals surface area contributed by atoms with Crippen LogP contribution >= 0.6 is 0 Å². The number of nitrogens with one attached hydrogen (secondary N) is 1. The maximum absolute atomic E-state index is 12.7. The number of carbonyl (C=O) groups is 1. The van der Waals surface area contributed by atoms with Crippen LogP contribution in [0.1, 0.15) is 40.5 Å². The Labute approximate surface area is 124 Å². The molecule has 1 aliphatic rings. The fraction of sp³-hybridized carbons (Fsp3) is 0.938. The van der Waals surface area contributed by atoms with Crippen LogP contribution in [0.3, 0.4) is 0 Å². The largest absolute Gasteiger partial charge is 0.379 e. The van der Waals surface area contributed by atoms with Crippen LogP contribution in [0.4, 0.5) is 0 Å². The molecule has 0 aliphatic carbocycles. The summed E-state index contributed by atoms with van der Waals surface area (Å²) < 4.78 is 5.47. The summed E-state index contributed by atoms with van der Waals surface area (Å²) in [5, 5.41) is 3.21. The summed E-state index contributed by atoms with van der Waals surface area (Å²) in [6.45, 7) is 11.8. The van der Waals surface area contributed by atoms with E-state index in [1.54, 1.807) is 0 Å². The molecule has 0 aromatic carbocycles. The molecule has 0 radical (unpaired) electrons. The van der Waals surface area contributed by atoms with E-state index in [2.05, 4.69) is 37.9 Å². The molecule has 1 saturated heterocycles. The molecule has 1 aliphatic heterocycles. The normalized spacial score (nSPS) is 22.8. The van der Waals surface area contributed by atoms with E-state index in [-0.39, 0.29) is 17.9 Å². The van der Waals surface area contributed by atoms with Crippen LogP contribution in [0, 0.1) is 17.8 Å². The molecular weight excluding hydrogens is 252 g/mol. The number of carbonyl (C=O) groups excluding carboxylic acids is 1. The van der Waals surface area contributed by atoms with Gasteiger partial charge in [-0.25, -0.2) is 0 Å². The number of hydrogen-bond acceptors (Lipinski definition) is 3. The summed E-state index contributed by atoms with van der Waals surface area (Å²) in [6.07, 6.45) is 2.14. The van der Waals surface area contributed by atoms with Crippen LogP contribution in [0.2, 0.25) is 0 Å². The first-order valence-corrected chi connectivity index (χ1v) is 7.99.